The molecule has 2 atom stereocenters. The van der Waals surface area contributed by atoms with Crippen molar-refractivity contribution in [2.24, 2.45) is 5.92 Å². The molecule has 1 N–H and O–H groups in total. The Labute approximate surface area is 135 Å². The van der Waals surface area contributed by atoms with Gasteiger partial charge in [0.15, 0.2) is 0 Å². The summed E-state index contributed by atoms with van der Waals surface area (Å²) < 4.78 is 14.1. The Hall–Kier alpha value is -0.840. The number of aliphatic carboxylic acids is 1. The SMILES string of the molecule is CC(C)(C)N1C[C@@H](C(=O)O)[C@H](c2ccc(Cl)cc2F)C1.Cl. The normalized spacial score (nSPS) is 22.9. The Balaban J connectivity index is 0.00000220. The van der Waals surface area contributed by atoms with Crippen LogP contribution in [-0.4, -0.2) is 34.6 Å². The van der Waals surface area contributed by atoms with Gasteiger partial charge in [0.05, 0.1) is 5.92 Å². The second-order valence-electron chi connectivity index (χ2n) is 6.29. The minimum absolute atomic E-state index is 0. The summed E-state index contributed by atoms with van der Waals surface area (Å²) in [5.41, 5.74) is 0.305. The molecule has 118 valence electrons. The second-order valence-corrected chi connectivity index (χ2v) is 6.73. The molecule has 1 saturated heterocycles. The van der Waals surface area contributed by atoms with Crippen LogP contribution >= 0.6 is 24.0 Å². The number of hydrogen-bond donors (Lipinski definition) is 1. The zero-order valence-electron chi connectivity index (χ0n) is 12.3. The van der Waals surface area contributed by atoms with Gasteiger partial charge in [-0.1, -0.05) is 17.7 Å². The number of benzene rings is 1. The number of hydrogen-bond acceptors (Lipinski definition) is 2. The fourth-order valence-electron chi connectivity index (χ4n) is 2.72. The molecule has 1 fully saturated rings. The summed E-state index contributed by atoms with van der Waals surface area (Å²) in [5, 5.41) is 9.72. The molecule has 0 saturated carbocycles. The zero-order chi connectivity index (χ0) is 15.1. The van der Waals surface area contributed by atoms with Crippen molar-refractivity contribution < 1.29 is 14.3 Å². The first-order valence-electron chi connectivity index (χ1n) is 6.63. The van der Waals surface area contributed by atoms with E-state index in [9.17, 15) is 14.3 Å². The van der Waals surface area contributed by atoms with E-state index in [-0.39, 0.29) is 23.9 Å². The van der Waals surface area contributed by atoms with Crippen LogP contribution in [0.1, 0.15) is 32.3 Å². The van der Waals surface area contributed by atoms with Crippen molar-refractivity contribution in [3.05, 3.63) is 34.6 Å². The highest BCUT2D eigenvalue weighted by Gasteiger charge is 2.42. The third kappa shape index (κ3) is 3.87. The predicted octanol–water partition coefficient (Wildman–Crippen LogP) is 3.80. The Morgan fingerprint density at radius 1 is 1.38 bits per heavy atom. The number of likely N-dealkylation sites (tertiary alicyclic amines) is 1. The fraction of sp³-hybridized carbons (Fsp3) is 0.533. The average Bonchev–Trinajstić information content (AvgIpc) is 2.73. The summed E-state index contributed by atoms with van der Waals surface area (Å²) in [4.78, 5) is 13.5. The molecule has 3 nitrogen and oxygen atoms in total. The van der Waals surface area contributed by atoms with Crippen molar-refractivity contribution in [3.8, 4) is 0 Å². The van der Waals surface area contributed by atoms with Gasteiger partial charge in [-0.2, -0.15) is 0 Å². The van der Waals surface area contributed by atoms with Crippen LogP contribution in [0.4, 0.5) is 4.39 Å². The first kappa shape index (κ1) is 18.2. The van der Waals surface area contributed by atoms with Gasteiger partial charge >= 0.3 is 5.97 Å². The summed E-state index contributed by atoms with van der Waals surface area (Å²) in [5.74, 6) is -2.24. The molecule has 0 aliphatic carbocycles. The molecule has 2 rings (SSSR count). The molecule has 6 heteroatoms. The smallest absolute Gasteiger partial charge is 0.308 e. The van der Waals surface area contributed by atoms with Gasteiger partial charge in [-0.25, -0.2) is 4.39 Å². The molecular formula is C15H20Cl2FNO2. The first-order chi connectivity index (χ1) is 9.20. The van der Waals surface area contributed by atoms with Crippen molar-refractivity contribution in [3.63, 3.8) is 0 Å². The lowest BCUT2D eigenvalue weighted by molar-refractivity contribution is -0.141. The van der Waals surface area contributed by atoms with Gasteiger partial charge in [0, 0.05) is 29.6 Å². The van der Waals surface area contributed by atoms with Gasteiger partial charge in [0.2, 0.25) is 0 Å². The Morgan fingerprint density at radius 3 is 2.48 bits per heavy atom. The van der Waals surface area contributed by atoms with Gasteiger partial charge in [-0.05, 0) is 38.5 Å². The molecule has 0 radical (unpaired) electrons. The minimum atomic E-state index is -0.879. The van der Waals surface area contributed by atoms with Crippen LogP contribution in [0.15, 0.2) is 18.2 Å². The van der Waals surface area contributed by atoms with Gasteiger partial charge in [-0.3, -0.25) is 9.69 Å². The van der Waals surface area contributed by atoms with Gasteiger partial charge in [0.1, 0.15) is 5.82 Å². The monoisotopic (exact) mass is 335 g/mol. The molecule has 1 aliphatic rings. The van der Waals surface area contributed by atoms with Gasteiger partial charge in [0.25, 0.3) is 0 Å². The third-order valence-electron chi connectivity index (χ3n) is 3.95. The molecule has 0 bridgehead atoms. The Morgan fingerprint density at radius 2 is 2.00 bits per heavy atom. The summed E-state index contributed by atoms with van der Waals surface area (Å²) in [7, 11) is 0. The van der Waals surface area contributed by atoms with E-state index in [1.807, 2.05) is 20.8 Å². The van der Waals surface area contributed by atoms with E-state index in [4.69, 9.17) is 11.6 Å². The third-order valence-corrected chi connectivity index (χ3v) is 4.18. The van der Waals surface area contributed by atoms with Crippen molar-refractivity contribution in [1.29, 1.82) is 0 Å². The van der Waals surface area contributed by atoms with Gasteiger partial charge in [-0.15, -0.1) is 12.4 Å². The maximum Gasteiger partial charge on any atom is 0.308 e. The topological polar surface area (TPSA) is 40.5 Å². The number of carboxylic acids is 1. The number of halogens is 3. The summed E-state index contributed by atoms with van der Waals surface area (Å²) >= 11 is 5.76. The maximum atomic E-state index is 14.1. The Kier molecular flexibility index (Phi) is 5.64. The molecule has 21 heavy (non-hydrogen) atoms. The first-order valence-corrected chi connectivity index (χ1v) is 7.00. The number of carbonyl (C=O) groups is 1. The quantitative estimate of drug-likeness (QED) is 0.893. The van der Waals surface area contributed by atoms with Crippen LogP contribution in [0.2, 0.25) is 5.02 Å². The fourth-order valence-corrected chi connectivity index (χ4v) is 2.88. The van der Waals surface area contributed by atoms with Crippen molar-refractivity contribution >= 4 is 30.0 Å². The van der Waals surface area contributed by atoms with E-state index >= 15 is 0 Å². The van der Waals surface area contributed by atoms with Crippen molar-refractivity contribution in [2.75, 3.05) is 13.1 Å². The molecule has 0 aromatic heterocycles. The molecule has 1 aromatic rings. The maximum absolute atomic E-state index is 14.1. The van der Waals surface area contributed by atoms with Crippen LogP contribution < -0.4 is 0 Å². The molecule has 0 unspecified atom stereocenters. The summed E-state index contributed by atoms with van der Waals surface area (Å²) in [6, 6.07) is 4.46. The van der Waals surface area contributed by atoms with Crippen LogP contribution in [-0.2, 0) is 4.79 Å². The highest BCUT2D eigenvalue weighted by molar-refractivity contribution is 6.30. The standard InChI is InChI=1S/C15H19ClFNO2.ClH/c1-15(2,3)18-7-11(12(8-18)14(19)20)10-5-4-9(16)6-13(10)17;/h4-6,11-12H,7-8H2,1-3H3,(H,19,20);1H/t11-,12+;/m0./s1. The lowest BCUT2D eigenvalue weighted by Crippen LogP contribution is -2.40. The second kappa shape index (κ2) is 6.51. The van der Waals surface area contributed by atoms with Crippen molar-refractivity contribution in [1.82, 2.24) is 4.90 Å². The van der Waals surface area contributed by atoms with Crippen LogP contribution in [0.5, 0.6) is 0 Å². The zero-order valence-corrected chi connectivity index (χ0v) is 13.8. The molecule has 1 aromatic carbocycles. The molecular weight excluding hydrogens is 316 g/mol. The Bertz CT molecular complexity index is 531. The summed E-state index contributed by atoms with van der Waals surface area (Å²) in [6.07, 6.45) is 0. The van der Waals surface area contributed by atoms with Crippen LogP contribution in [0, 0.1) is 11.7 Å². The van der Waals surface area contributed by atoms with E-state index in [0.29, 0.717) is 23.7 Å². The lowest BCUT2D eigenvalue weighted by Gasteiger charge is -2.31. The summed E-state index contributed by atoms with van der Waals surface area (Å²) in [6.45, 7) is 7.08. The predicted molar refractivity (Wildman–Crippen MR) is 83.9 cm³/mol. The number of carboxylic acid groups (broad SMARTS) is 1. The van der Waals surface area contributed by atoms with Crippen molar-refractivity contribution in [2.45, 2.75) is 32.2 Å². The van der Waals surface area contributed by atoms with E-state index in [1.54, 1.807) is 12.1 Å². The molecule has 1 heterocycles. The largest absolute Gasteiger partial charge is 0.481 e. The van der Waals surface area contributed by atoms with E-state index in [1.165, 1.54) is 6.07 Å². The number of nitrogens with zero attached hydrogens (tertiary/aromatic N) is 1. The lowest BCUT2D eigenvalue weighted by atomic mass is 9.89. The van der Waals surface area contributed by atoms with E-state index < -0.39 is 17.7 Å². The number of rotatable bonds is 2. The highest BCUT2D eigenvalue weighted by atomic mass is 35.5. The van der Waals surface area contributed by atoms with E-state index in [0.717, 1.165) is 0 Å². The van der Waals surface area contributed by atoms with Crippen LogP contribution in [0.25, 0.3) is 0 Å². The van der Waals surface area contributed by atoms with Gasteiger partial charge < -0.3 is 5.11 Å². The molecule has 1 aliphatic heterocycles. The molecule has 0 amide bonds. The average molecular weight is 336 g/mol. The highest BCUT2D eigenvalue weighted by Crippen LogP contribution is 2.37. The van der Waals surface area contributed by atoms with Crippen LogP contribution in [0.3, 0.4) is 0 Å². The van der Waals surface area contributed by atoms with E-state index in [2.05, 4.69) is 4.90 Å². The molecule has 0 spiro atoms. The minimum Gasteiger partial charge on any atom is -0.481 e.